The molecule has 0 aromatic heterocycles. The van der Waals surface area contributed by atoms with Crippen molar-refractivity contribution in [2.45, 2.75) is 50.5 Å². The smallest absolute Gasteiger partial charge is 0.264 e. The molecule has 1 amide bonds. The topological polar surface area (TPSA) is 66.5 Å². The summed E-state index contributed by atoms with van der Waals surface area (Å²) in [6, 6.07) is 17.0. The second kappa shape index (κ2) is 10.6. The number of halogens is 2. The number of amides is 1. The number of sulfonamides is 1. The Kier molecular flexibility index (Phi) is 7.74. The summed E-state index contributed by atoms with van der Waals surface area (Å²) >= 11 is 12.3. The summed E-state index contributed by atoms with van der Waals surface area (Å²) < 4.78 is 28.2. The van der Waals surface area contributed by atoms with Gasteiger partial charge in [0, 0.05) is 10.0 Å². The highest BCUT2D eigenvalue weighted by atomic mass is 35.5. The first-order valence-corrected chi connectivity index (χ1v) is 13.8. The largest absolute Gasteiger partial charge is 0.348 e. The molecule has 0 spiro atoms. The summed E-state index contributed by atoms with van der Waals surface area (Å²) in [7, 11) is -4.06. The average molecular weight is 532 g/mol. The quantitative estimate of drug-likeness (QED) is 0.392. The fraction of sp³-hybridized carbons (Fsp3) is 0.296. The van der Waals surface area contributed by atoms with Gasteiger partial charge in [-0.25, -0.2) is 8.42 Å². The highest BCUT2D eigenvalue weighted by Gasteiger charge is 2.28. The third-order valence-corrected chi connectivity index (χ3v) is 8.51. The molecule has 4 rings (SSSR count). The van der Waals surface area contributed by atoms with Gasteiger partial charge in [0.1, 0.15) is 6.54 Å². The SMILES string of the molecule is Cc1ccc(S(=O)(=O)N(CC(=O)NC(C)c2ccc3c(c2)CCCC3)c2cc(Cl)cc(Cl)c2)cc1. The van der Waals surface area contributed by atoms with Gasteiger partial charge in [-0.3, -0.25) is 9.10 Å². The van der Waals surface area contributed by atoms with Crippen molar-refractivity contribution in [1.82, 2.24) is 5.32 Å². The van der Waals surface area contributed by atoms with Gasteiger partial charge in [0.05, 0.1) is 16.6 Å². The van der Waals surface area contributed by atoms with E-state index in [2.05, 4.69) is 17.4 Å². The highest BCUT2D eigenvalue weighted by molar-refractivity contribution is 7.92. The molecule has 0 saturated heterocycles. The monoisotopic (exact) mass is 530 g/mol. The van der Waals surface area contributed by atoms with Gasteiger partial charge < -0.3 is 5.32 Å². The van der Waals surface area contributed by atoms with Crippen molar-refractivity contribution in [3.63, 3.8) is 0 Å². The van der Waals surface area contributed by atoms with Crippen molar-refractivity contribution in [3.8, 4) is 0 Å². The molecule has 0 heterocycles. The van der Waals surface area contributed by atoms with Crippen molar-refractivity contribution < 1.29 is 13.2 Å². The average Bonchev–Trinajstić information content (AvgIpc) is 2.81. The number of aryl methyl sites for hydroxylation is 3. The van der Waals surface area contributed by atoms with Crippen LogP contribution in [0.4, 0.5) is 5.69 Å². The molecule has 3 aromatic rings. The molecule has 0 radical (unpaired) electrons. The molecule has 1 aliphatic carbocycles. The van der Waals surface area contributed by atoms with Crippen LogP contribution in [-0.4, -0.2) is 20.9 Å². The number of benzene rings is 3. The number of carbonyl (C=O) groups excluding carboxylic acids is 1. The minimum Gasteiger partial charge on any atom is -0.348 e. The number of rotatable bonds is 7. The maximum Gasteiger partial charge on any atom is 0.264 e. The lowest BCUT2D eigenvalue weighted by Crippen LogP contribution is -2.41. The molecule has 184 valence electrons. The molecule has 0 saturated carbocycles. The number of anilines is 1. The first kappa shape index (κ1) is 25.5. The van der Waals surface area contributed by atoms with Crippen LogP contribution in [0.25, 0.3) is 0 Å². The van der Waals surface area contributed by atoms with Gasteiger partial charge in [0.2, 0.25) is 5.91 Å². The molecule has 0 bridgehead atoms. The lowest BCUT2D eigenvalue weighted by atomic mass is 9.89. The van der Waals surface area contributed by atoms with Gasteiger partial charge in [0.25, 0.3) is 10.0 Å². The Bertz CT molecular complexity index is 1320. The van der Waals surface area contributed by atoms with Crippen molar-refractivity contribution in [2.75, 3.05) is 10.8 Å². The summed E-state index contributed by atoms with van der Waals surface area (Å²) in [4.78, 5) is 13.2. The second-order valence-corrected chi connectivity index (χ2v) is 11.7. The lowest BCUT2D eigenvalue weighted by molar-refractivity contribution is -0.120. The Balaban J connectivity index is 1.60. The van der Waals surface area contributed by atoms with E-state index in [1.165, 1.54) is 54.3 Å². The van der Waals surface area contributed by atoms with Crippen LogP contribution in [0.1, 0.15) is 48.1 Å². The Morgan fingerprint density at radius 1 is 0.943 bits per heavy atom. The zero-order chi connectivity index (χ0) is 25.2. The molecule has 0 fully saturated rings. The van der Waals surface area contributed by atoms with Crippen LogP contribution in [0.15, 0.2) is 65.6 Å². The van der Waals surface area contributed by atoms with Crippen molar-refractivity contribution in [1.29, 1.82) is 0 Å². The van der Waals surface area contributed by atoms with E-state index in [0.717, 1.165) is 28.3 Å². The van der Waals surface area contributed by atoms with Gasteiger partial charge in [-0.2, -0.15) is 0 Å². The van der Waals surface area contributed by atoms with Crippen LogP contribution in [-0.2, 0) is 27.7 Å². The van der Waals surface area contributed by atoms with Crippen LogP contribution in [0.3, 0.4) is 0 Å². The van der Waals surface area contributed by atoms with Crippen LogP contribution < -0.4 is 9.62 Å². The van der Waals surface area contributed by atoms with Gasteiger partial charge in [-0.05, 0) is 86.6 Å². The van der Waals surface area contributed by atoms with Crippen molar-refractivity contribution in [3.05, 3.63) is 93.0 Å². The van der Waals surface area contributed by atoms with Crippen LogP contribution in [0.5, 0.6) is 0 Å². The maximum atomic E-state index is 13.6. The van der Waals surface area contributed by atoms with E-state index in [1.54, 1.807) is 12.1 Å². The minimum absolute atomic E-state index is 0.0785. The fourth-order valence-electron chi connectivity index (χ4n) is 4.36. The molecule has 1 N–H and O–H groups in total. The Morgan fingerprint density at radius 2 is 1.57 bits per heavy atom. The molecule has 35 heavy (non-hydrogen) atoms. The number of fused-ring (bicyclic) bond motifs is 1. The number of carbonyl (C=O) groups is 1. The molecule has 8 heteroatoms. The summed E-state index contributed by atoms with van der Waals surface area (Å²) in [5, 5.41) is 3.51. The Labute approximate surface area is 217 Å². The molecular formula is C27H28Cl2N2O3S. The second-order valence-electron chi connectivity index (χ2n) is 8.98. The maximum absolute atomic E-state index is 13.6. The van der Waals surface area contributed by atoms with Gasteiger partial charge >= 0.3 is 0 Å². The van der Waals surface area contributed by atoms with E-state index in [0.29, 0.717) is 0 Å². The van der Waals surface area contributed by atoms with Gasteiger partial charge in [0.15, 0.2) is 0 Å². The van der Waals surface area contributed by atoms with Gasteiger partial charge in [-0.15, -0.1) is 0 Å². The number of nitrogens with zero attached hydrogens (tertiary/aromatic N) is 1. The van der Waals surface area contributed by atoms with Gasteiger partial charge in [-0.1, -0.05) is 59.1 Å². The normalized spacial score (nSPS) is 14.2. The zero-order valence-electron chi connectivity index (χ0n) is 19.7. The summed E-state index contributed by atoms with van der Waals surface area (Å²) in [5.74, 6) is -0.429. The standard InChI is InChI=1S/C27H28Cl2N2O3S/c1-18-7-11-26(12-8-18)35(33,34)31(25-15-23(28)14-24(29)16-25)17-27(32)30-19(2)21-10-9-20-5-3-4-6-22(20)13-21/h7-16,19H,3-6,17H2,1-2H3,(H,30,32). The van der Waals surface area contributed by atoms with E-state index in [9.17, 15) is 13.2 Å². The Morgan fingerprint density at radius 3 is 2.23 bits per heavy atom. The molecule has 3 aromatic carbocycles. The van der Waals surface area contributed by atoms with Crippen LogP contribution in [0.2, 0.25) is 10.0 Å². The van der Waals surface area contributed by atoms with E-state index in [-0.39, 0.29) is 26.7 Å². The molecule has 1 atom stereocenters. The van der Waals surface area contributed by atoms with Crippen LogP contribution in [0, 0.1) is 6.92 Å². The zero-order valence-corrected chi connectivity index (χ0v) is 22.1. The summed E-state index contributed by atoms with van der Waals surface area (Å²) in [6.07, 6.45) is 4.51. The third kappa shape index (κ3) is 6.00. The summed E-state index contributed by atoms with van der Waals surface area (Å²) in [6.45, 7) is 3.36. The first-order chi connectivity index (χ1) is 16.6. The van der Waals surface area contributed by atoms with E-state index >= 15 is 0 Å². The molecule has 1 unspecified atom stereocenters. The highest BCUT2D eigenvalue weighted by Crippen LogP contribution is 2.30. The van der Waals surface area contributed by atoms with Crippen LogP contribution >= 0.6 is 23.2 Å². The minimum atomic E-state index is -4.06. The number of hydrogen-bond acceptors (Lipinski definition) is 3. The molecular weight excluding hydrogens is 503 g/mol. The Hall–Kier alpha value is -2.54. The fourth-order valence-corrected chi connectivity index (χ4v) is 6.28. The third-order valence-electron chi connectivity index (χ3n) is 6.28. The molecule has 5 nitrogen and oxygen atoms in total. The van der Waals surface area contributed by atoms with Crippen molar-refractivity contribution >= 4 is 44.8 Å². The van der Waals surface area contributed by atoms with Crippen molar-refractivity contribution in [2.24, 2.45) is 0 Å². The predicted molar refractivity (Wildman–Crippen MR) is 142 cm³/mol. The molecule has 0 aliphatic heterocycles. The lowest BCUT2D eigenvalue weighted by Gasteiger charge is -2.26. The summed E-state index contributed by atoms with van der Waals surface area (Å²) in [5.41, 5.74) is 4.84. The van der Waals surface area contributed by atoms with E-state index in [1.807, 2.05) is 19.9 Å². The first-order valence-electron chi connectivity index (χ1n) is 11.6. The number of hydrogen-bond donors (Lipinski definition) is 1. The van der Waals surface area contributed by atoms with E-state index in [4.69, 9.17) is 23.2 Å². The predicted octanol–water partition coefficient (Wildman–Crippen LogP) is 6.25. The van der Waals surface area contributed by atoms with E-state index < -0.39 is 22.5 Å². The molecule has 1 aliphatic rings. The number of nitrogens with one attached hydrogen (secondary N) is 1.